The molecule has 26 heavy (non-hydrogen) atoms. The van der Waals surface area contributed by atoms with Crippen LogP contribution in [-0.2, 0) is 20.6 Å². The molecule has 0 aromatic carbocycles. The molecule has 1 aromatic rings. The van der Waals surface area contributed by atoms with Crippen molar-refractivity contribution in [2.75, 3.05) is 5.32 Å². The van der Waals surface area contributed by atoms with Crippen molar-refractivity contribution >= 4 is 34.2 Å². The molecule has 2 heterocycles. The van der Waals surface area contributed by atoms with Gasteiger partial charge in [0.1, 0.15) is 6.04 Å². The Labute approximate surface area is 149 Å². The van der Waals surface area contributed by atoms with Gasteiger partial charge in [0, 0.05) is 0 Å². The van der Waals surface area contributed by atoms with E-state index < -0.39 is 46.8 Å². The first-order valence-corrected chi connectivity index (χ1v) is 8.77. The Morgan fingerprint density at radius 2 is 1.81 bits per heavy atom. The summed E-state index contributed by atoms with van der Waals surface area (Å²) < 4.78 is 37.6. The summed E-state index contributed by atoms with van der Waals surface area (Å²) in [5, 5.41) is 6.93. The maximum absolute atomic E-state index is 12.6. The van der Waals surface area contributed by atoms with Crippen LogP contribution in [0, 0.1) is 23.7 Å². The number of hydrogen-bond donors (Lipinski definition) is 1. The molecule has 3 amide bonds. The minimum absolute atomic E-state index is 0.0132. The molecule has 1 saturated heterocycles. The molecule has 138 valence electrons. The summed E-state index contributed by atoms with van der Waals surface area (Å²) in [6.45, 7) is 1.37. The van der Waals surface area contributed by atoms with Gasteiger partial charge < -0.3 is 0 Å². The molecule has 7 nitrogen and oxygen atoms in total. The second-order valence-electron chi connectivity index (χ2n) is 6.62. The number of aromatic nitrogens is 2. The summed E-state index contributed by atoms with van der Waals surface area (Å²) in [6, 6.07) is -1.14. The molecular formula is C15H13F3N4O3S. The van der Waals surface area contributed by atoms with Crippen molar-refractivity contribution in [3.05, 3.63) is 17.2 Å². The average Bonchev–Trinajstić information content (AvgIpc) is 3.30. The van der Waals surface area contributed by atoms with Crippen molar-refractivity contribution in [2.24, 2.45) is 23.7 Å². The Morgan fingerprint density at radius 1 is 1.23 bits per heavy atom. The smallest absolute Gasteiger partial charge is 0.299 e. The fourth-order valence-corrected chi connectivity index (χ4v) is 4.64. The van der Waals surface area contributed by atoms with E-state index in [1.54, 1.807) is 0 Å². The van der Waals surface area contributed by atoms with Gasteiger partial charge in [-0.1, -0.05) is 23.5 Å². The van der Waals surface area contributed by atoms with E-state index in [-0.39, 0.29) is 28.3 Å². The maximum Gasteiger partial charge on any atom is 0.445 e. The van der Waals surface area contributed by atoms with Gasteiger partial charge >= 0.3 is 6.18 Å². The monoisotopic (exact) mass is 386 g/mol. The number of amides is 3. The molecular weight excluding hydrogens is 373 g/mol. The van der Waals surface area contributed by atoms with Gasteiger partial charge in [0.25, 0.3) is 0 Å². The number of allylic oxidation sites excluding steroid dienone is 2. The van der Waals surface area contributed by atoms with Gasteiger partial charge in [-0.2, -0.15) is 13.2 Å². The molecule has 1 aliphatic heterocycles. The number of hydrogen-bond acceptors (Lipinski definition) is 6. The van der Waals surface area contributed by atoms with Crippen LogP contribution in [0.25, 0.3) is 0 Å². The van der Waals surface area contributed by atoms with Crippen LogP contribution in [0.15, 0.2) is 12.2 Å². The number of halogens is 3. The molecule has 0 radical (unpaired) electrons. The zero-order valence-corrected chi connectivity index (χ0v) is 14.2. The summed E-state index contributed by atoms with van der Waals surface area (Å²) in [6.07, 6.45) is -0.0145. The molecule has 11 heteroatoms. The Kier molecular flexibility index (Phi) is 3.69. The molecule has 3 aliphatic rings. The maximum atomic E-state index is 12.6. The highest BCUT2D eigenvalue weighted by molar-refractivity contribution is 7.15. The highest BCUT2D eigenvalue weighted by atomic mass is 32.1. The van der Waals surface area contributed by atoms with Crippen LogP contribution < -0.4 is 5.32 Å². The van der Waals surface area contributed by atoms with Gasteiger partial charge in [0.15, 0.2) is 0 Å². The van der Waals surface area contributed by atoms with Crippen LogP contribution in [-0.4, -0.2) is 38.9 Å². The van der Waals surface area contributed by atoms with Crippen LogP contribution >= 0.6 is 11.3 Å². The van der Waals surface area contributed by atoms with Gasteiger partial charge in [-0.15, -0.1) is 10.2 Å². The Bertz CT molecular complexity index is 806. The van der Waals surface area contributed by atoms with Crippen molar-refractivity contribution < 1.29 is 27.6 Å². The lowest BCUT2D eigenvalue weighted by Gasteiger charge is -2.23. The number of imide groups is 1. The molecule has 1 N–H and O–H groups in total. The van der Waals surface area contributed by atoms with Gasteiger partial charge in [0.05, 0.1) is 11.8 Å². The number of likely N-dealkylation sites (tertiary alicyclic amines) is 1. The van der Waals surface area contributed by atoms with E-state index in [9.17, 15) is 27.6 Å². The molecule has 2 bridgehead atoms. The first-order valence-electron chi connectivity index (χ1n) is 7.95. The van der Waals surface area contributed by atoms with E-state index >= 15 is 0 Å². The van der Waals surface area contributed by atoms with E-state index in [1.165, 1.54) is 6.92 Å². The zero-order chi connectivity index (χ0) is 18.8. The molecule has 5 atom stereocenters. The molecule has 1 saturated carbocycles. The van der Waals surface area contributed by atoms with Gasteiger partial charge in [-0.05, 0) is 25.2 Å². The fraction of sp³-hybridized carbons (Fsp3) is 0.533. The molecule has 0 spiro atoms. The Balaban J connectivity index is 1.48. The third-order valence-electron chi connectivity index (χ3n) is 5.17. The first-order chi connectivity index (χ1) is 12.2. The summed E-state index contributed by atoms with van der Waals surface area (Å²) in [5.74, 6) is -2.42. The van der Waals surface area contributed by atoms with E-state index in [0.717, 1.165) is 11.3 Å². The largest absolute Gasteiger partial charge is 0.445 e. The Morgan fingerprint density at radius 3 is 2.31 bits per heavy atom. The highest BCUT2D eigenvalue weighted by Gasteiger charge is 2.60. The third-order valence-corrected chi connectivity index (χ3v) is 6.05. The molecule has 4 rings (SSSR count). The second-order valence-corrected chi connectivity index (χ2v) is 7.60. The minimum Gasteiger partial charge on any atom is -0.299 e. The number of alkyl halides is 3. The first kappa shape index (κ1) is 17.1. The van der Waals surface area contributed by atoms with Gasteiger partial charge in [0.2, 0.25) is 27.9 Å². The summed E-state index contributed by atoms with van der Waals surface area (Å²) in [4.78, 5) is 38.5. The van der Waals surface area contributed by atoms with Crippen molar-refractivity contribution in [3.63, 3.8) is 0 Å². The number of anilines is 1. The second kappa shape index (κ2) is 5.60. The highest BCUT2D eigenvalue weighted by Crippen LogP contribution is 2.52. The predicted molar refractivity (Wildman–Crippen MR) is 82.6 cm³/mol. The van der Waals surface area contributed by atoms with Crippen LogP contribution in [0.1, 0.15) is 18.4 Å². The summed E-state index contributed by atoms with van der Waals surface area (Å²) in [7, 11) is 0. The van der Waals surface area contributed by atoms with Crippen LogP contribution in [0.5, 0.6) is 0 Å². The van der Waals surface area contributed by atoms with E-state index in [2.05, 4.69) is 15.5 Å². The van der Waals surface area contributed by atoms with Gasteiger partial charge in [-0.3, -0.25) is 24.6 Å². The van der Waals surface area contributed by atoms with Crippen LogP contribution in [0.2, 0.25) is 0 Å². The lowest BCUT2D eigenvalue weighted by Crippen LogP contribution is -2.46. The topological polar surface area (TPSA) is 92.3 Å². The quantitative estimate of drug-likeness (QED) is 0.631. The number of carbonyl (C=O) groups excluding carboxylic acids is 3. The Hall–Kier alpha value is -2.30. The summed E-state index contributed by atoms with van der Waals surface area (Å²) >= 11 is 0.180. The average molecular weight is 386 g/mol. The third kappa shape index (κ3) is 2.44. The number of nitrogens with zero attached hydrogens (tertiary/aromatic N) is 3. The van der Waals surface area contributed by atoms with E-state index in [1.807, 2.05) is 12.2 Å². The molecule has 2 fully saturated rings. The molecule has 1 aromatic heterocycles. The molecule has 0 unspecified atom stereocenters. The van der Waals surface area contributed by atoms with Crippen molar-refractivity contribution in [3.8, 4) is 0 Å². The SMILES string of the molecule is C[C@@H](C(=O)Nc1nnc(C(F)(F)F)s1)N1C(=O)[C@@H]2[C@H](C1=O)[C@H]1C=C[C@H]2C1. The minimum atomic E-state index is -4.66. The normalized spacial score (nSPS) is 30.8. The number of fused-ring (bicyclic) bond motifs is 5. The van der Waals surface area contributed by atoms with Crippen molar-refractivity contribution in [2.45, 2.75) is 25.6 Å². The predicted octanol–water partition coefficient (Wildman–Crippen LogP) is 1.69. The molecule has 2 aliphatic carbocycles. The van der Waals surface area contributed by atoms with Gasteiger partial charge in [-0.25, -0.2) is 0 Å². The standard InChI is InChI=1S/C15H13F3N4O3S/c1-5(10(23)19-14-21-20-13(26-14)15(16,17)18)22-11(24)8-6-2-3-7(4-6)9(8)12(22)25/h2-3,5-9H,4H2,1H3,(H,19,21,23)/t5-,6-,7-,8-,9+/m0/s1. The fourth-order valence-electron chi connectivity index (χ4n) is 4.02. The van der Waals surface area contributed by atoms with E-state index in [0.29, 0.717) is 0 Å². The number of carbonyl (C=O) groups is 3. The zero-order valence-electron chi connectivity index (χ0n) is 13.4. The number of rotatable bonds is 3. The van der Waals surface area contributed by atoms with Crippen LogP contribution in [0.4, 0.5) is 18.3 Å². The van der Waals surface area contributed by atoms with Crippen LogP contribution in [0.3, 0.4) is 0 Å². The lowest BCUT2D eigenvalue weighted by atomic mass is 9.85. The van der Waals surface area contributed by atoms with Crippen molar-refractivity contribution in [1.82, 2.24) is 15.1 Å². The number of nitrogens with one attached hydrogen (secondary N) is 1. The van der Waals surface area contributed by atoms with E-state index in [4.69, 9.17) is 0 Å². The lowest BCUT2D eigenvalue weighted by molar-refractivity contribution is -0.146. The van der Waals surface area contributed by atoms with Crippen molar-refractivity contribution in [1.29, 1.82) is 0 Å². The summed E-state index contributed by atoms with van der Waals surface area (Å²) in [5.41, 5.74) is 0.